The van der Waals surface area contributed by atoms with Crippen molar-refractivity contribution in [1.29, 1.82) is 0 Å². The number of rotatable bonds is 2. The lowest BCUT2D eigenvalue weighted by molar-refractivity contribution is -0.0125. The maximum atomic E-state index is 6.01. The molecule has 0 saturated heterocycles. The smallest absolute Gasteiger partial charge is 0.173 e. The van der Waals surface area contributed by atoms with Gasteiger partial charge in [-0.15, -0.1) is 0 Å². The Morgan fingerprint density at radius 3 is 1.55 bits per heavy atom. The summed E-state index contributed by atoms with van der Waals surface area (Å²) in [6.07, 6.45) is 0. The van der Waals surface area contributed by atoms with Gasteiger partial charge in [0.25, 0.3) is 0 Å². The molecule has 0 aromatic carbocycles. The van der Waals surface area contributed by atoms with Crippen LogP contribution in [0, 0.1) is 5.41 Å². The molecular weight excluding hydrogens is 154 g/mol. The standard InChI is InChI=1S/C8H21NOSi/c1-7(2,3)8(4,9)10-11(5)6/h11H,9H2,1-6H3. The normalized spacial score (nSPS) is 18.5. The summed E-state index contributed by atoms with van der Waals surface area (Å²) < 4.78 is 5.72. The molecule has 0 heterocycles. The Morgan fingerprint density at radius 1 is 1.09 bits per heavy atom. The van der Waals surface area contributed by atoms with Gasteiger partial charge in [-0.3, -0.25) is 0 Å². The van der Waals surface area contributed by atoms with Gasteiger partial charge in [0, 0.05) is 5.41 Å². The highest BCUT2D eigenvalue weighted by atomic mass is 28.3. The van der Waals surface area contributed by atoms with Crippen molar-refractivity contribution in [2.45, 2.75) is 46.5 Å². The molecule has 0 bridgehead atoms. The van der Waals surface area contributed by atoms with E-state index in [2.05, 4.69) is 33.9 Å². The first-order valence-electron chi connectivity index (χ1n) is 4.13. The Balaban J connectivity index is 4.22. The van der Waals surface area contributed by atoms with E-state index in [1.807, 2.05) is 6.92 Å². The Morgan fingerprint density at radius 2 is 1.45 bits per heavy atom. The third kappa shape index (κ3) is 3.36. The lowest BCUT2D eigenvalue weighted by Crippen LogP contribution is -2.53. The van der Waals surface area contributed by atoms with Gasteiger partial charge in [0.2, 0.25) is 0 Å². The molecule has 0 saturated carbocycles. The fourth-order valence-corrected chi connectivity index (χ4v) is 2.00. The van der Waals surface area contributed by atoms with E-state index in [9.17, 15) is 0 Å². The van der Waals surface area contributed by atoms with Gasteiger partial charge in [0.15, 0.2) is 9.04 Å². The first-order valence-corrected chi connectivity index (χ1v) is 6.91. The van der Waals surface area contributed by atoms with Crippen LogP contribution < -0.4 is 5.73 Å². The highest BCUT2D eigenvalue weighted by molar-refractivity contribution is 6.48. The molecule has 0 aliphatic carbocycles. The molecule has 2 N–H and O–H groups in total. The largest absolute Gasteiger partial charge is 0.403 e. The topological polar surface area (TPSA) is 35.2 Å². The fraction of sp³-hybridized carbons (Fsp3) is 1.00. The molecule has 0 radical (unpaired) electrons. The summed E-state index contributed by atoms with van der Waals surface area (Å²) in [6.45, 7) is 12.5. The van der Waals surface area contributed by atoms with Crippen LogP contribution in [0.4, 0.5) is 0 Å². The van der Waals surface area contributed by atoms with Crippen LogP contribution in [0.15, 0.2) is 0 Å². The maximum Gasteiger partial charge on any atom is 0.173 e. The van der Waals surface area contributed by atoms with Crippen LogP contribution in [-0.4, -0.2) is 14.8 Å². The summed E-state index contributed by atoms with van der Waals surface area (Å²) in [7, 11) is -1.02. The lowest BCUT2D eigenvalue weighted by Gasteiger charge is -2.39. The van der Waals surface area contributed by atoms with Gasteiger partial charge >= 0.3 is 0 Å². The van der Waals surface area contributed by atoms with Gasteiger partial charge in [-0.25, -0.2) is 0 Å². The SMILES string of the molecule is C[SiH](C)OC(C)(N)C(C)(C)C. The van der Waals surface area contributed by atoms with Gasteiger partial charge in [-0.05, 0) is 20.0 Å². The van der Waals surface area contributed by atoms with Crippen molar-refractivity contribution in [2.75, 3.05) is 0 Å². The van der Waals surface area contributed by atoms with E-state index in [-0.39, 0.29) is 5.41 Å². The van der Waals surface area contributed by atoms with Gasteiger partial charge < -0.3 is 10.2 Å². The molecule has 0 rings (SSSR count). The van der Waals surface area contributed by atoms with E-state index in [0.717, 1.165) is 0 Å². The van der Waals surface area contributed by atoms with E-state index in [4.69, 9.17) is 10.2 Å². The Hall–Kier alpha value is 0.137. The summed E-state index contributed by atoms with van der Waals surface area (Å²) in [5.41, 5.74) is 5.55. The summed E-state index contributed by atoms with van der Waals surface area (Å²) in [6, 6.07) is 0. The van der Waals surface area contributed by atoms with E-state index in [1.54, 1.807) is 0 Å². The molecule has 0 aliphatic heterocycles. The molecule has 1 unspecified atom stereocenters. The molecular formula is C8H21NOSi. The fourth-order valence-electron chi connectivity index (χ4n) is 0.666. The first-order chi connectivity index (χ1) is 4.67. The minimum Gasteiger partial charge on any atom is -0.403 e. The summed E-state index contributed by atoms with van der Waals surface area (Å²) in [4.78, 5) is 0. The molecule has 1 atom stereocenters. The molecule has 0 aromatic rings. The van der Waals surface area contributed by atoms with Crippen molar-refractivity contribution >= 4 is 9.04 Å². The van der Waals surface area contributed by atoms with Gasteiger partial charge in [0.1, 0.15) is 5.72 Å². The van der Waals surface area contributed by atoms with E-state index in [1.165, 1.54) is 0 Å². The highest BCUT2D eigenvalue weighted by Crippen LogP contribution is 2.28. The van der Waals surface area contributed by atoms with Crippen LogP contribution in [0.2, 0.25) is 13.1 Å². The van der Waals surface area contributed by atoms with Crippen molar-refractivity contribution in [3.63, 3.8) is 0 Å². The predicted octanol–water partition coefficient (Wildman–Crippen LogP) is 1.71. The average molecular weight is 175 g/mol. The number of hydrogen-bond acceptors (Lipinski definition) is 2. The molecule has 0 fully saturated rings. The zero-order chi connectivity index (χ0) is 9.28. The van der Waals surface area contributed by atoms with Gasteiger partial charge in [0.05, 0.1) is 0 Å². The lowest BCUT2D eigenvalue weighted by atomic mass is 9.85. The molecule has 0 aliphatic rings. The summed E-state index contributed by atoms with van der Waals surface area (Å²) in [5.74, 6) is 0. The monoisotopic (exact) mass is 175 g/mol. The van der Waals surface area contributed by atoms with Crippen LogP contribution in [0.3, 0.4) is 0 Å². The molecule has 3 heteroatoms. The zero-order valence-corrected chi connectivity index (χ0v) is 9.72. The van der Waals surface area contributed by atoms with Crippen molar-refractivity contribution in [3.05, 3.63) is 0 Å². The summed E-state index contributed by atoms with van der Waals surface area (Å²) >= 11 is 0. The second-order valence-electron chi connectivity index (χ2n) is 4.52. The third-order valence-corrected chi connectivity index (χ3v) is 2.93. The zero-order valence-electron chi connectivity index (χ0n) is 8.56. The summed E-state index contributed by atoms with van der Waals surface area (Å²) in [5, 5.41) is 0. The third-order valence-electron chi connectivity index (χ3n) is 1.97. The predicted molar refractivity (Wildman–Crippen MR) is 52.0 cm³/mol. The van der Waals surface area contributed by atoms with E-state index in [0.29, 0.717) is 0 Å². The van der Waals surface area contributed by atoms with Crippen LogP contribution in [0.1, 0.15) is 27.7 Å². The average Bonchev–Trinajstić information content (AvgIpc) is 1.56. The van der Waals surface area contributed by atoms with Crippen LogP contribution >= 0.6 is 0 Å². The molecule has 0 amide bonds. The molecule has 2 nitrogen and oxygen atoms in total. The number of nitrogens with two attached hydrogens (primary N) is 1. The van der Waals surface area contributed by atoms with E-state index < -0.39 is 14.8 Å². The Labute approximate surface area is 71.8 Å². The first kappa shape index (κ1) is 11.1. The molecule has 11 heavy (non-hydrogen) atoms. The molecule has 68 valence electrons. The molecule has 0 aromatic heterocycles. The second-order valence-corrected chi connectivity index (χ2v) is 6.86. The van der Waals surface area contributed by atoms with Crippen molar-refractivity contribution in [3.8, 4) is 0 Å². The minimum atomic E-state index is -1.02. The number of hydrogen-bond donors (Lipinski definition) is 1. The van der Waals surface area contributed by atoms with Crippen molar-refractivity contribution in [1.82, 2.24) is 0 Å². The van der Waals surface area contributed by atoms with Crippen LogP contribution in [0.5, 0.6) is 0 Å². The van der Waals surface area contributed by atoms with Crippen molar-refractivity contribution in [2.24, 2.45) is 11.1 Å². The van der Waals surface area contributed by atoms with Crippen molar-refractivity contribution < 1.29 is 4.43 Å². The Kier molecular flexibility index (Phi) is 3.29. The van der Waals surface area contributed by atoms with Gasteiger partial charge in [-0.1, -0.05) is 20.8 Å². The quantitative estimate of drug-likeness (QED) is 0.512. The van der Waals surface area contributed by atoms with Crippen LogP contribution in [-0.2, 0) is 4.43 Å². The van der Waals surface area contributed by atoms with E-state index >= 15 is 0 Å². The second kappa shape index (κ2) is 3.25. The minimum absolute atomic E-state index is 0.0181. The van der Waals surface area contributed by atoms with Gasteiger partial charge in [-0.2, -0.15) is 0 Å². The van der Waals surface area contributed by atoms with Crippen LogP contribution in [0.25, 0.3) is 0 Å². The molecule has 0 spiro atoms. The maximum absolute atomic E-state index is 6.01. The Bertz CT molecular complexity index is 127. The highest BCUT2D eigenvalue weighted by Gasteiger charge is 2.34.